The van der Waals surface area contributed by atoms with E-state index in [1.807, 2.05) is 42.8 Å². The summed E-state index contributed by atoms with van der Waals surface area (Å²) in [6.45, 7) is 13.3. The van der Waals surface area contributed by atoms with Gasteiger partial charge in [-0.3, -0.25) is 14.6 Å². The first kappa shape index (κ1) is 22.2. The van der Waals surface area contributed by atoms with E-state index in [0.717, 1.165) is 46.7 Å². The van der Waals surface area contributed by atoms with E-state index in [9.17, 15) is 0 Å². The predicted molar refractivity (Wildman–Crippen MR) is 133 cm³/mol. The average molecular weight is 414 g/mol. The molecule has 0 aliphatic heterocycles. The zero-order valence-corrected chi connectivity index (χ0v) is 18.8. The zero-order chi connectivity index (χ0) is 22.2. The van der Waals surface area contributed by atoms with Crippen molar-refractivity contribution in [2.75, 3.05) is 6.54 Å². The fraction of sp³-hybridized carbons (Fsp3) is 0.269. The number of fused-ring (bicyclic) bond motifs is 1. The summed E-state index contributed by atoms with van der Waals surface area (Å²) < 4.78 is 1.95. The minimum atomic E-state index is 0.215. The van der Waals surface area contributed by atoms with Crippen LogP contribution in [0.1, 0.15) is 51.3 Å². The van der Waals surface area contributed by atoms with Crippen LogP contribution < -0.4 is 5.32 Å². The lowest BCUT2D eigenvalue weighted by Gasteiger charge is -2.15. The number of hydrogen-bond donors (Lipinski definition) is 1. The third kappa shape index (κ3) is 5.79. The van der Waals surface area contributed by atoms with Gasteiger partial charge in [-0.05, 0) is 50.5 Å². The quantitative estimate of drug-likeness (QED) is 0.437. The van der Waals surface area contributed by atoms with Crippen molar-refractivity contribution in [2.45, 2.75) is 40.2 Å². The SMILES string of the molecule is C=C(C=N/C=C(\C)NC(C)c1ccccc1)n1cnc2cc(C(C)=NCCC)ccc21. The summed E-state index contributed by atoms with van der Waals surface area (Å²) in [6, 6.07) is 16.8. The van der Waals surface area contributed by atoms with Crippen LogP contribution in [-0.2, 0) is 0 Å². The molecule has 0 saturated heterocycles. The lowest BCUT2D eigenvalue weighted by molar-refractivity contribution is 0.652. The maximum absolute atomic E-state index is 4.59. The number of benzene rings is 2. The molecule has 0 amide bonds. The molecule has 0 aliphatic rings. The Morgan fingerprint density at radius 3 is 2.71 bits per heavy atom. The van der Waals surface area contributed by atoms with E-state index in [4.69, 9.17) is 0 Å². The van der Waals surface area contributed by atoms with Crippen LogP contribution in [0.25, 0.3) is 16.7 Å². The van der Waals surface area contributed by atoms with Gasteiger partial charge in [-0.15, -0.1) is 0 Å². The molecule has 5 heteroatoms. The lowest BCUT2D eigenvalue weighted by atomic mass is 10.1. The van der Waals surface area contributed by atoms with Gasteiger partial charge in [-0.2, -0.15) is 0 Å². The van der Waals surface area contributed by atoms with Gasteiger partial charge in [0, 0.05) is 30.2 Å². The molecule has 1 heterocycles. The molecule has 1 aromatic heterocycles. The average Bonchev–Trinajstić information content (AvgIpc) is 3.21. The van der Waals surface area contributed by atoms with Crippen molar-refractivity contribution in [2.24, 2.45) is 9.98 Å². The number of imidazole rings is 1. The molecule has 1 N–H and O–H groups in total. The fourth-order valence-electron chi connectivity index (χ4n) is 3.34. The number of nitrogens with one attached hydrogen (secondary N) is 1. The Balaban J connectivity index is 1.68. The molecule has 5 nitrogen and oxygen atoms in total. The summed E-state index contributed by atoms with van der Waals surface area (Å²) >= 11 is 0. The van der Waals surface area contributed by atoms with Crippen molar-refractivity contribution < 1.29 is 0 Å². The molecular weight excluding hydrogens is 382 g/mol. The number of hydrogen-bond acceptors (Lipinski definition) is 4. The van der Waals surface area contributed by atoms with E-state index in [-0.39, 0.29) is 6.04 Å². The third-order valence-corrected chi connectivity index (χ3v) is 5.08. The Morgan fingerprint density at radius 1 is 1.19 bits per heavy atom. The molecule has 0 fully saturated rings. The van der Waals surface area contributed by atoms with Crippen LogP contribution in [0.15, 0.2) is 83.3 Å². The Morgan fingerprint density at radius 2 is 1.97 bits per heavy atom. The second-order valence-corrected chi connectivity index (χ2v) is 7.64. The van der Waals surface area contributed by atoms with Gasteiger partial charge in [0.05, 0.1) is 22.9 Å². The van der Waals surface area contributed by atoms with E-state index in [1.54, 1.807) is 12.5 Å². The van der Waals surface area contributed by atoms with Gasteiger partial charge in [0.1, 0.15) is 6.33 Å². The molecular formula is C26H31N5. The molecule has 0 spiro atoms. The van der Waals surface area contributed by atoms with Crippen molar-refractivity contribution in [1.29, 1.82) is 0 Å². The monoisotopic (exact) mass is 413 g/mol. The first-order valence-corrected chi connectivity index (χ1v) is 10.7. The number of aliphatic imine (C=N–C) groups is 2. The van der Waals surface area contributed by atoms with Crippen LogP contribution in [0.2, 0.25) is 0 Å². The topological polar surface area (TPSA) is 54.6 Å². The van der Waals surface area contributed by atoms with Crippen LogP contribution in [-0.4, -0.2) is 28.0 Å². The predicted octanol–water partition coefficient (Wildman–Crippen LogP) is 6.01. The minimum absolute atomic E-state index is 0.215. The molecule has 3 aromatic rings. The highest BCUT2D eigenvalue weighted by atomic mass is 15.1. The first-order valence-electron chi connectivity index (χ1n) is 10.7. The molecule has 160 valence electrons. The molecule has 3 rings (SSSR count). The normalized spacial score (nSPS) is 13.7. The molecule has 0 radical (unpaired) electrons. The van der Waals surface area contributed by atoms with E-state index >= 15 is 0 Å². The maximum atomic E-state index is 4.59. The van der Waals surface area contributed by atoms with Gasteiger partial charge in [-0.1, -0.05) is 49.9 Å². The van der Waals surface area contributed by atoms with Gasteiger partial charge in [0.25, 0.3) is 0 Å². The minimum Gasteiger partial charge on any atom is -0.381 e. The van der Waals surface area contributed by atoms with Crippen molar-refractivity contribution in [1.82, 2.24) is 14.9 Å². The van der Waals surface area contributed by atoms with Crippen molar-refractivity contribution in [3.63, 3.8) is 0 Å². The van der Waals surface area contributed by atoms with E-state index < -0.39 is 0 Å². The second-order valence-electron chi connectivity index (χ2n) is 7.64. The summed E-state index contributed by atoms with van der Waals surface area (Å²) in [6.07, 6.45) is 6.40. The Kier molecular flexibility index (Phi) is 7.55. The number of allylic oxidation sites excluding steroid dienone is 2. The van der Waals surface area contributed by atoms with Crippen molar-refractivity contribution in [3.8, 4) is 0 Å². The summed E-state index contributed by atoms with van der Waals surface area (Å²) in [5.74, 6) is 0. The van der Waals surface area contributed by atoms with Crippen LogP contribution >= 0.6 is 0 Å². The molecule has 31 heavy (non-hydrogen) atoms. The molecule has 0 saturated carbocycles. The standard InChI is InChI=1S/C26H31N5/c1-6-14-28-21(4)24-12-13-26-25(15-24)29-18-31(26)20(3)17-27-16-19(2)30-22(5)23-10-8-7-9-11-23/h7-13,15-18,22,30H,3,6,14H2,1-2,4-5H3/b19-16+,27-17?,28-21?. The molecule has 2 aromatic carbocycles. The Labute approximate surface area is 185 Å². The fourth-order valence-corrected chi connectivity index (χ4v) is 3.34. The molecule has 1 atom stereocenters. The maximum Gasteiger partial charge on any atom is 0.100 e. The summed E-state index contributed by atoms with van der Waals surface area (Å²) in [5.41, 5.74) is 7.04. The van der Waals surface area contributed by atoms with Crippen molar-refractivity contribution >= 4 is 28.7 Å². The van der Waals surface area contributed by atoms with Crippen LogP contribution in [0, 0.1) is 0 Å². The molecule has 0 aliphatic carbocycles. The van der Waals surface area contributed by atoms with Gasteiger partial charge < -0.3 is 5.32 Å². The summed E-state index contributed by atoms with van der Waals surface area (Å²) in [5, 5.41) is 3.45. The highest BCUT2D eigenvalue weighted by Crippen LogP contribution is 2.18. The van der Waals surface area contributed by atoms with Gasteiger partial charge in [0.15, 0.2) is 0 Å². The smallest absolute Gasteiger partial charge is 0.100 e. The van der Waals surface area contributed by atoms with Crippen LogP contribution in [0.4, 0.5) is 0 Å². The zero-order valence-electron chi connectivity index (χ0n) is 18.8. The highest BCUT2D eigenvalue weighted by Gasteiger charge is 2.07. The van der Waals surface area contributed by atoms with Gasteiger partial charge in [-0.25, -0.2) is 4.98 Å². The van der Waals surface area contributed by atoms with Crippen molar-refractivity contribution in [3.05, 3.63) is 84.5 Å². The Hall–Kier alpha value is -3.47. The number of rotatable bonds is 9. The van der Waals surface area contributed by atoms with E-state index in [1.165, 1.54) is 5.56 Å². The number of aromatic nitrogens is 2. The largest absolute Gasteiger partial charge is 0.381 e. The first-order chi connectivity index (χ1) is 15.0. The third-order valence-electron chi connectivity index (χ3n) is 5.08. The molecule has 1 unspecified atom stereocenters. The van der Waals surface area contributed by atoms with Gasteiger partial charge >= 0.3 is 0 Å². The highest BCUT2D eigenvalue weighted by molar-refractivity contribution is 6.05. The van der Waals surface area contributed by atoms with E-state index in [0.29, 0.717) is 0 Å². The second kappa shape index (κ2) is 10.5. The summed E-state index contributed by atoms with van der Waals surface area (Å²) in [4.78, 5) is 13.6. The van der Waals surface area contributed by atoms with Crippen LogP contribution in [0.5, 0.6) is 0 Å². The summed E-state index contributed by atoms with van der Waals surface area (Å²) in [7, 11) is 0. The number of nitrogens with zero attached hydrogens (tertiary/aromatic N) is 4. The Bertz CT molecular complexity index is 1120. The van der Waals surface area contributed by atoms with Gasteiger partial charge in [0.2, 0.25) is 0 Å². The van der Waals surface area contributed by atoms with E-state index in [2.05, 4.69) is 71.0 Å². The molecule has 0 bridgehead atoms. The van der Waals surface area contributed by atoms with Crippen LogP contribution in [0.3, 0.4) is 0 Å². The lowest BCUT2D eigenvalue weighted by Crippen LogP contribution is -2.16.